The lowest BCUT2D eigenvalue weighted by Crippen LogP contribution is -2.44. The molecule has 208 valence electrons. The zero-order valence-electron chi connectivity index (χ0n) is 22.7. The van der Waals surface area contributed by atoms with Gasteiger partial charge in [0.2, 0.25) is 15.9 Å². The molecule has 10 heteroatoms. The number of nitriles is 1. The minimum atomic E-state index is -3.95. The summed E-state index contributed by atoms with van der Waals surface area (Å²) in [5.41, 5.74) is 1.88. The molecule has 2 aromatic carbocycles. The van der Waals surface area contributed by atoms with E-state index in [0.717, 1.165) is 24.8 Å². The van der Waals surface area contributed by atoms with Gasteiger partial charge in [-0.2, -0.15) is 5.26 Å². The molecule has 0 N–H and O–H groups in total. The van der Waals surface area contributed by atoms with Gasteiger partial charge >= 0.3 is 0 Å². The zero-order valence-corrected chi connectivity index (χ0v) is 24.3. The largest absolute Gasteiger partial charge is 0.273 e. The molecule has 2 heterocycles. The highest BCUT2D eigenvalue weighted by molar-refractivity contribution is 7.90. The van der Waals surface area contributed by atoms with Crippen molar-refractivity contribution in [2.24, 2.45) is 22.7 Å². The predicted octanol–water partition coefficient (Wildman–Crippen LogP) is 4.53. The highest BCUT2D eigenvalue weighted by atomic mass is 32.2. The van der Waals surface area contributed by atoms with E-state index in [1.54, 1.807) is 48.7 Å². The van der Waals surface area contributed by atoms with Crippen LogP contribution in [0.1, 0.15) is 62.1 Å². The van der Waals surface area contributed by atoms with Gasteiger partial charge in [-0.15, -0.1) is 0 Å². The Hall–Kier alpha value is -3.16. The number of aromatic nitrogens is 1. The molecule has 3 saturated carbocycles. The Morgan fingerprint density at radius 1 is 1.10 bits per heavy atom. The van der Waals surface area contributed by atoms with Gasteiger partial charge in [0.15, 0.2) is 0 Å². The summed E-state index contributed by atoms with van der Waals surface area (Å²) >= 11 is 0. The summed E-state index contributed by atoms with van der Waals surface area (Å²) < 4.78 is 56.7. The zero-order chi connectivity index (χ0) is 28.4. The van der Waals surface area contributed by atoms with Crippen molar-refractivity contribution < 1.29 is 21.6 Å². The van der Waals surface area contributed by atoms with E-state index in [9.17, 15) is 26.9 Å². The van der Waals surface area contributed by atoms with E-state index >= 15 is 0 Å². The number of carbonyl (C=O) groups excluding carboxylic acids is 1. The summed E-state index contributed by atoms with van der Waals surface area (Å²) in [7, 11) is -7.69. The normalized spacial score (nSPS) is 31.3. The third-order valence-electron chi connectivity index (χ3n) is 10.6. The minimum Gasteiger partial charge on any atom is -0.273 e. The quantitative estimate of drug-likeness (QED) is 0.450. The fourth-order valence-electron chi connectivity index (χ4n) is 8.17. The average molecular weight is 578 g/mol. The predicted molar refractivity (Wildman–Crippen MR) is 149 cm³/mol. The molecule has 3 aromatic rings. The Bertz CT molecular complexity index is 1870. The van der Waals surface area contributed by atoms with Crippen LogP contribution in [0.4, 0.5) is 0 Å². The molecule has 3 aliphatic carbocycles. The van der Waals surface area contributed by atoms with Gasteiger partial charge in [0.05, 0.1) is 33.8 Å². The molecule has 4 fully saturated rings. The fourth-order valence-corrected chi connectivity index (χ4v) is 12.1. The van der Waals surface area contributed by atoms with Crippen LogP contribution in [0.3, 0.4) is 0 Å². The summed E-state index contributed by atoms with van der Waals surface area (Å²) in [6.45, 7) is 6.20. The summed E-state index contributed by atoms with van der Waals surface area (Å²) in [5, 5.41) is 10.1. The Labute approximate surface area is 234 Å². The van der Waals surface area contributed by atoms with Crippen LogP contribution in [0.25, 0.3) is 10.9 Å². The summed E-state index contributed by atoms with van der Waals surface area (Å²) in [6, 6.07) is 13.3. The SMILES string of the molecule is Cc1ccc(S(=O)(=O)n2cc([C@H]3C[C@@H]3C(=O)N3[C@H]4C[C@@H]5CC[C@@]4(CS3(=O)=O)C5(C)C)c3cc(C#N)ccc32)cc1. The van der Waals surface area contributed by atoms with Gasteiger partial charge in [0.25, 0.3) is 10.0 Å². The van der Waals surface area contributed by atoms with E-state index in [1.165, 1.54) is 8.28 Å². The molecule has 1 aliphatic heterocycles. The van der Waals surface area contributed by atoms with E-state index in [4.69, 9.17) is 0 Å². The molecule has 2 bridgehead atoms. The Balaban J connectivity index is 1.27. The average Bonchev–Trinajstić information content (AvgIpc) is 3.39. The summed E-state index contributed by atoms with van der Waals surface area (Å²) in [5.74, 6) is -0.797. The van der Waals surface area contributed by atoms with Crippen molar-refractivity contribution in [3.05, 3.63) is 65.4 Å². The van der Waals surface area contributed by atoms with Gasteiger partial charge in [-0.1, -0.05) is 31.5 Å². The number of benzene rings is 2. The smallest absolute Gasteiger partial charge is 0.268 e. The van der Waals surface area contributed by atoms with Crippen molar-refractivity contribution in [1.29, 1.82) is 5.26 Å². The van der Waals surface area contributed by atoms with E-state index in [0.29, 0.717) is 34.4 Å². The number of sulfonamides is 1. The molecule has 5 atom stereocenters. The van der Waals surface area contributed by atoms with Crippen LogP contribution in [0.2, 0.25) is 0 Å². The first kappa shape index (κ1) is 25.8. The van der Waals surface area contributed by atoms with Crippen molar-refractivity contribution in [2.45, 2.75) is 63.3 Å². The number of rotatable bonds is 4. The highest BCUT2D eigenvalue weighted by Gasteiger charge is 2.73. The van der Waals surface area contributed by atoms with Crippen molar-refractivity contribution >= 4 is 36.9 Å². The molecule has 1 amide bonds. The van der Waals surface area contributed by atoms with Crippen molar-refractivity contribution in [1.82, 2.24) is 8.28 Å². The molecule has 0 radical (unpaired) electrons. The van der Waals surface area contributed by atoms with Crippen molar-refractivity contribution in [3.63, 3.8) is 0 Å². The first-order chi connectivity index (χ1) is 18.8. The van der Waals surface area contributed by atoms with Crippen molar-refractivity contribution in [2.75, 3.05) is 5.75 Å². The number of hydrogen-bond donors (Lipinski definition) is 0. The van der Waals surface area contributed by atoms with Crippen LogP contribution in [-0.2, 0) is 24.8 Å². The molecule has 1 spiro atoms. The lowest BCUT2D eigenvalue weighted by molar-refractivity contribution is -0.130. The molecule has 1 aromatic heterocycles. The molecule has 7 rings (SSSR count). The molecule has 8 nitrogen and oxygen atoms in total. The number of amides is 1. The molecular weight excluding hydrogens is 546 g/mol. The monoisotopic (exact) mass is 577 g/mol. The van der Waals surface area contributed by atoms with Crippen molar-refractivity contribution in [3.8, 4) is 6.07 Å². The molecule has 1 saturated heterocycles. The lowest BCUT2D eigenvalue weighted by atomic mass is 9.69. The lowest BCUT2D eigenvalue weighted by Gasteiger charge is -2.37. The van der Waals surface area contributed by atoms with Gasteiger partial charge in [-0.25, -0.2) is 25.1 Å². The molecule has 0 unspecified atom stereocenters. The highest BCUT2D eigenvalue weighted by Crippen LogP contribution is 2.70. The second-order valence-electron chi connectivity index (χ2n) is 12.7. The van der Waals surface area contributed by atoms with E-state index in [2.05, 4.69) is 19.9 Å². The Kier molecular flexibility index (Phi) is 5.14. The number of nitrogens with zero attached hydrogens (tertiary/aromatic N) is 3. The van der Waals surface area contributed by atoms with Crippen LogP contribution in [0.15, 0.2) is 53.6 Å². The number of hydrogen-bond acceptors (Lipinski definition) is 6. The molecule has 4 aliphatic rings. The van der Waals surface area contributed by atoms with Crippen LogP contribution >= 0.6 is 0 Å². The summed E-state index contributed by atoms with van der Waals surface area (Å²) in [4.78, 5) is 14.1. The summed E-state index contributed by atoms with van der Waals surface area (Å²) in [6.07, 6.45) is 4.55. The number of aryl methyl sites for hydroxylation is 1. The fraction of sp³-hybridized carbons (Fsp3) is 0.467. The third kappa shape index (κ3) is 3.25. The van der Waals surface area contributed by atoms with Gasteiger partial charge in [-0.3, -0.25) is 4.79 Å². The Morgan fingerprint density at radius 3 is 2.50 bits per heavy atom. The second kappa shape index (κ2) is 7.98. The minimum absolute atomic E-state index is 0.0247. The maximum absolute atomic E-state index is 13.9. The van der Waals surface area contributed by atoms with E-state index < -0.39 is 31.4 Å². The third-order valence-corrected chi connectivity index (χ3v) is 14.2. The second-order valence-corrected chi connectivity index (χ2v) is 16.4. The van der Waals surface area contributed by atoms with Crippen LogP contribution in [0.5, 0.6) is 0 Å². The standard InChI is InChI=1S/C30H31N3O5S2/c1-18-4-7-21(8-5-18)40(37,38)32-16-25(23-12-19(15-31)6-9-26(23)32)22-14-24(22)28(34)33-27-13-20-10-11-30(27,29(20,2)3)17-39(33,35)36/h4-9,12,16,20,22,24,27H,10-11,13-14,17H2,1-3H3/t20-,22-,24-,27-,30-/m0/s1. The maximum Gasteiger partial charge on any atom is 0.268 e. The van der Waals surface area contributed by atoms with Gasteiger partial charge in [0, 0.05) is 22.9 Å². The van der Waals surface area contributed by atoms with Gasteiger partial charge in [-0.05, 0) is 85.8 Å². The first-order valence-electron chi connectivity index (χ1n) is 13.8. The number of fused-ring (bicyclic) bond motifs is 2. The Morgan fingerprint density at radius 2 is 1.82 bits per heavy atom. The molecular formula is C30H31N3O5S2. The number of carbonyl (C=O) groups is 1. The van der Waals surface area contributed by atoms with Crippen LogP contribution in [-0.4, -0.2) is 42.8 Å². The molecule has 40 heavy (non-hydrogen) atoms. The van der Waals surface area contributed by atoms with Crippen LogP contribution < -0.4 is 0 Å². The topological polar surface area (TPSA) is 117 Å². The first-order valence-corrected chi connectivity index (χ1v) is 16.8. The van der Waals surface area contributed by atoms with E-state index in [-0.39, 0.29) is 33.9 Å². The van der Waals surface area contributed by atoms with Gasteiger partial charge < -0.3 is 0 Å². The van der Waals surface area contributed by atoms with Crippen LogP contribution in [0, 0.1) is 40.9 Å². The van der Waals surface area contributed by atoms with E-state index in [1.807, 2.05) is 6.92 Å². The van der Waals surface area contributed by atoms with Gasteiger partial charge in [0.1, 0.15) is 0 Å². The maximum atomic E-state index is 13.9.